The van der Waals surface area contributed by atoms with E-state index in [1.54, 1.807) is 6.08 Å². The highest BCUT2D eigenvalue weighted by atomic mass is 32.8. The third kappa shape index (κ3) is 6.27. The molecule has 0 rings (SSSR count). The Kier molecular flexibility index (Phi) is 4.60. The SMILES string of the molecule is C=CCCS(O)=S. The standard InChI is InChI=1S/C4H8OS2/c1-2-3-4-7(5)6/h2H,1,3-4H2,(H,5,6). The Morgan fingerprint density at radius 2 is 2.43 bits per heavy atom. The Bertz CT molecular complexity index is 79.8. The van der Waals surface area contributed by atoms with E-state index in [4.69, 9.17) is 4.55 Å². The minimum absolute atomic E-state index is 0.679. The van der Waals surface area contributed by atoms with E-state index in [1.807, 2.05) is 0 Å². The van der Waals surface area contributed by atoms with Crippen LogP contribution in [-0.2, 0) is 20.9 Å². The Balaban J connectivity index is 2.97. The van der Waals surface area contributed by atoms with E-state index < -0.39 is 9.74 Å². The lowest BCUT2D eigenvalue weighted by molar-refractivity contribution is 0.655. The molecule has 1 unspecified atom stereocenters. The summed E-state index contributed by atoms with van der Waals surface area (Å²) in [5.74, 6) is 0.679. The van der Waals surface area contributed by atoms with E-state index in [0.29, 0.717) is 5.75 Å². The second-order valence-corrected chi connectivity index (χ2v) is 3.31. The first-order valence-corrected chi connectivity index (χ1v) is 4.23. The molecule has 0 aromatic carbocycles. The summed E-state index contributed by atoms with van der Waals surface area (Å²) in [5.41, 5.74) is 0. The molecular weight excluding hydrogens is 128 g/mol. The van der Waals surface area contributed by atoms with Crippen LogP contribution in [0.15, 0.2) is 12.7 Å². The van der Waals surface area contributed by atoms with Gasteiger partial charge in [0.2, 0.25) is 0 Å². The van der Waals surface area contributed by atoms with Crippen molar-refractivity contribution in [2.45, 2.75) is 6.42 Å². The summed E-state index contributed by atoms with van der Waals surface area (Å²) in [6.07, 6.45) is 2.58. The number of rotatable bonds is 3. The van der Waals surface area contributed by atoms with Gasteiger partial charge in [-0.3, -0.25) is 0 Å². The fourth-order valence-corrected chi connectivity index (χ4v) is 0.841. The van der Waals surface area contributed by atoms with Gasteiger partial charge < -0.3 is 4.55 Å². The molecule has 42 valence electrons. The molecule has 1 nitrogen and oxygen atoms in total. The zero-order chi connectivity index (χ0) is 5.70. The Morgan fingerprint density at radius 1 is 1.86 bits per heavy atom. The predicted molar refractivity (Wildman–Crippen MR) is 37.0 cm³/mol. The summed E-state index contributed by atoms with van der Waals surface area (Å²) in [7, 11) is -0.803. The zero-order valence-electron chi connectivity index (χ0n) is 3.96. The quantitative estimate of drug-likeness (QED) is 0.587. The zero-order valence-corrected chi connectivity index (χ0v) is 5.60. The average molecular weight is 136 g/mol. The van der Waals surface area contributed by atoms with Crippen molar-refractivity contribution in [3.63, 3.8) is 0 Å². The third-order valence-corrected chi connectivity index (χ3v) is 1.58. The van der Waals surface area contributed by atoms with Gasteiger partial charge in [-0.2, -0.15) is 0 Å². The smallest absolute Gasteiger partial charge is 0.0258 e. The molecule has 0 saturated carbocycles. The normalized spacial score (nSPS) is 13.3. The lowest BCUT2D eigenvalue weighted by Gasteiger charge is -1.87. The monoisotopic (exact) mass is 136 g/mol. The summed E-state index contributed by atoms with van der Waals surface area (Å²) in [4.78, 5) is 0. The van der Waals surface area contributed by atoms with Crippen LogP contribution in [0.25, 0.3) is 0 Å². The van der Waals surface area contributed by atoms with Gasteiger partial charge in [0.15, 0.2) is 0 Å². The van der Waals surface area contributed by atoms with E-state index in [9.17, 15) is 0 Å². The van der Waals surface area contributed by atoms with Crippen LogP contribution in [0.1, 0.15) is 6.42 Å². The Morgan fingerprint density at radius 3 is 2.57 bits per heavy atom. The van der Waals surface area contributed by atoms with Gasteiger partial charge in [-0.15, -0.1) is 6.58 Å². The van der Waals surface area contributed by atoms with Crippen LogP contribution in [0.2, 0.25) is 0 Å². The topological polar surface area (TPSA) is 20.2 Å². The lowest BCUT2D eigenvalue weighted by Crippen LogP contribution is -1.89. The molecule has 1 N–H and O–H groups in total. The molecule has 0 saturated heterocycles. The van der Waals surface area contributed by atoms with Crippen LogP contribution >= 0.6 is 0 Å². The van der Waals surface area contributed by atoms with Gasteiger partial charge in [0.05, 0.1) is 0 Å². The van der Waals surface area contributed by atoms with Gasteiger partial charge in [0, 0.05) is 15.5 Å². The van der Waals surface area contributed by atoms with Crippen molar-refractivity contribution in [2.75, 3.05) is 5.75 Å². The summed E-state index contributed by atoms with van der Waals surface area (Å²) in [6.45, 7) is 3.48. The maximum Gasteiger partial charge on any atom is 0.0258 e. The second-order valence-electron chi connectivity index (χ2n) is 1.10. The summed E-state index contributed by atoms with van der Waals surface area (Å²) in [5, 5.41) is 0. The molecule has 0 aliphatic heterocycles. The first-order valence-electron chi connectivity index (χ1n) is 1.95. The van der Waals surface area contributed by atoms with Gasteiger partial charge in [-0.1, -0.05) is 6.08 Å². The van der Waals surface area contributed by atoms with Crippen LogP contribution in [-0.4, -0.2) is 10.3 Å². The van der Waals surface area contributed by atoms with Crippen molar-refractivity contribution >= 4 is 20.9 Å². The maximum atomic E-state index is 8.48. The van der Waals surface area contributed by atoms with E-state index in [-0.39, 0.29) is 0 Å². The van der Waals surface area contributed by atoms with E-state index in [0.717, 1.165) is 6.42 Å². The molecule has 0 aromatic rings. The molecule has 0 aliphatic rings. The van der Waals surface area contributed by atoms with Gasteiger partial charge in [0.1, 0.15) is 0 Å². The molecule has 1 atom stereocenters. The minimum atomic E-state index is -0.803. The largest absolute Gasteiger partial charge is 0.327 e. The van der Waals surface area contributed by atoms with Gasteiger partial charge in [0.25, 0.3) is 0 Å². The average Bonchev–Trinajstić information content (AvgIpc) is 1.61. The summed E-state index contributed by atoms with van der Waals surface area (Å²) in [6, 6.07) is 0. The first-order chi connectivity index (χ1) is 3.27. The van der Waals surface area contributed by atoms with Crippen molar-refractivity contribution in [3.8, 4) is 0 Å². The van der Waals surface area contributed by atoms with Gasteiger partial charge in [-0.05, 0) is 17.6 Å². The van der Waals surface area contributed by atoms with Crippen molar-refractivity contribution < 1.29 is 4.55 Å². The van der Waals surface area contributed by atoms with Crippen molar-refractivity contribution in [1.82, 2.24) is 0 Å². The molecular formula is C4H8OS2. The van der Waals surface area contributed by atoms with Crippen LogP contribution in [0.4, 0.5) is 0 Å². The van der Waals surface area contributed by atoms with E-state index >= 15 is 0 Å². The molecule has 0 aliphatic carbocycles. The highest BCUT2D eigenvalue weighted by Gasteiger charge is 1.80. The van der Waals surface area contributed by atoms with Crippen LogP contribution in [0, 0.1) is 0 Å². The number of hydrogen-bond acceptors (Lipinski definition) is 1. The third-order valence-electron chi connectivity index (χ3n) is 0.497. The van der Waals surface area contributed by atoms with E-state index in [2.05, 4.69) is 17.8 Å². The molecule has 0 heterocycles. The highest BCUT2D eigenvalue weighted by Crippen LogP contribution is 1.82. The highest BCUT2D eigenvalue weighted by molar-refractivity contribution is 8.25. The fraction of sp³-hybridized carbons (Fsp3) is 0.500. The Labute approximate surface area is 50.8 Å². The number of hydrogen-bond donors (Lipinski definition) is 1. The molecule has 0 fully saturated rings. The molecule has 7 heavy (non-hydrogen) atoms. The van der Waals surface area contributed by atoms with Crippen molar-refractivity contribution in [2.24, 2.45) is 0 Å². The molecule has 0 radical (unpaired) electrons. The fourth-order valence-electron chi connectivity index (χ4n) is 0.184. The summed E-state index contributed by atoms with van der Waals surface area (Å²) < 4.78 is 8.48. The molecule has 0 aromatic heterocycles. The Hall–Kier alpha value is 0.270. The van der Waals surface area contributed by atoms with E-state index in [1.165, 1.54) is 0 Å². The van der Waals surface area contributed by atoms with Gasteiger partial charge in [-0.25, -0.2) is 0 Å². The van der Waals surface area contributed by atoms with Crippen molar-refractivity contribution in [3.05, 3.63) is 12.7 Å². The number of allylic oxidation sites excluding steroid dienone is 1. The van der Waals surface area contributed by atoms with Crippen molar-refractivity contribution in [1.29, 1.82) is 0 Å². The molecule has 0 amide bonds. The maximum absolute atomic E-state index is 8.48. The minimum Gasteiger partial charge on any atom is -0.327 e. The van der Waals surface area contributed by atoms with Crippen LogP contribution in [0.3, 0.4) is 0 Å². The first kappa shape index (κ1) is 7.27. The predicted octanol–water partition coefficient (Wildman–Crippen LogP) is 1.12. The van der Waals surface area contributed by atoms with Crippen LogP contribution < -0.4 is 0 Å². The second kappa shape index (κ2) is 4.43. The molecule has 0 spiro atoms. The lowest BCUT2D eigenvalue weighted by atomic mass is 10.5. The molecule has 3 heteroatoms. The molecule has 0 bridgehead atoms. The van der Waals surface area contributed by atoms with Gasteiger partial charge >= 0.3 is 0 Å². The van der Waals surface area contributed by atoms with Crippen LogP contribution in [0.5, 0.6) is 0 Å². The summed E-state index contributed by atoms with van der Waals surface area (Å²) >= 11 is 4.48.